The highest BCUT2D eigenvalue weighted by Crippen LogP contribution is 2.16. The second kappa shape index (κ2) is 5.97. The van der Waals surface area contributed by atoms with Crippen molar-refractivity contribution in [1.29, 1.82) is 0 Å². The average molecular weight is 225 g/mol. The second-order valence-corrected chi connectivity index (χ2v) is 4.55. The van der Waals surface area contributed by atoms with E-state index in [1.54, 1.807) is 19.1 Å². The van der Waals surface area contributed by atoms with Crippen molar-refractivity contribution in [2.75, 3.05) is 6.61 Å². The lowest BCUT2D eigenvalue weighted by Gasteiger charge is -2.15. The Hall–Kier alpha value is -0.930. The SMILES string of the molecule is Cc1ccc(C(C)NOCC(C)C)cc1F. The van der Waals surface area contributed by atoms with Gasteiger partial charge in [0.05, 0.1) is 12.6 Å². The van der Waals surface area contributed by atoms with Crippen molar-refractivity contribution in [3.05, 3.63) is 35.1 Å². The first-order valence-electron chi connectivity index (χ1n) is 5.64. The third-order valence-corrected chi connectivity index (χ3v) is 2.37. The highest BCUT2D eigenvalue weighted by atomic mass is 19.1. The highest BCUT2D eigenvalue weighted by Gasteiger charge is 2.07. The van der Waals surface area contributed by atoms with Crippen molar-refractivity contribution >= 4 is 0 Å². The third kappa shape index (κ3) is 3.91. The Kier molecular flexibility index (Phi) is 4.90. The molecule has 1 rings (SSSR count). The van der Waals surface area contributed by atoms with E-state index in [0.717, 1.165) is 5.56 Å². The lowest BCUT2D eigenvalue weighted by molar-refractivity contribution is 0.00404. The van der Waals surface area contributed by atoms with Gasteiger partial charge in [0.1, 0.15) is 5.82 Å². The first-order valence-corrected chi connectivity index (χ1v) is 5.64. The van der Waals surface area contributed by atoms with Gasteiger partial charge in [-0.2, -0.15) is 5.48 Å². The summed E-state index contributed by atoms with van der Waals surface area (Å²) in [6.45, 7) is 8.52. The Morgan fingerprint density at radius 2 is 2.00 bits per heavy atom. The monoisotopic (exact) mass is 225 g/mol. The zero-order valence-corrected chi connectivity index (χ0v) is 10.4. The molecule has 2 nitrogen and oxygen atoms in total. The smallest absolute Gasteiger partial charge is 0.126 e. The molecule has 1 atom stereocenters. The zero-order chi connectivity index (χ0) is 12.1. The molecule has 0 saturated carbocycles. The number of aryl methyl sites for hydroxylation is 1. The van der Waals surface area contributed by atoms with Gasteiger partial charge in [0.25, 0.3) is 0 Å². The fourth-order valence-corrected chi connectivity index (χ4v) is 1.29. The van der Waals surface area contributed by atoms with Crippen LogP contribution in [0.5, 0.6) is 0 Å². The number of halogens is 1. The maximum atomic E-state index is 13.3. The molecule has 0 amide bonds. The Bertz CT molecular complexity index is 339. The summed E-state index contributed by atoms with van der Waals surface area (Å²) in [5, 5.41) is 0. The molecule has 0 radical (unpaired) electrons. The summed E-state index contributed by atoms with van der Waals surface area (Å²) in [4.78, 5) is 5.31. The van der Waals surface area contributed by atoms with Crippen LogP contribution < -0.4 is 5.48 Å². The van der Waals surface area contributed by atoms with Crippen LogP contribution in [-0.4, -0.2) is 6.61 Å². The number of hydrogen-bond donors (Lipinski definition) is 1. The van der Waals surface area contributed by atoms with E-state index in [4.69, 9.17) is 4.84 Å². The largest absolute Gasteiger partial charge is 0.301 e. The van der Waals surface area contributed by atoms with Crippen LogP contribution in [-0.2, 0) is 4.84 Å². The number of hydrogen-bond acceptors (Lipinski definition) is 2. The van der Waals surface area contributed by atoms with Gasteiger partial charge in [0, 0.05) is 0 Å². The van der Waals surface area contributed by atoms with E-state index in [1.807, 2.05) is 13.0 Å². The summed E-state index contributed by atoms with van der Waals surface area (Å²) in [5.74, 6) is 0.310. The van der Waals surface area contributed by atoms with Gasteiger partial charge in [-0.15, -0.1) is 0 Å². The fraction of sp³-hybridized carbons (Fsp3) is 0.538. The van der Waals surface area contributed by atoms with E-state index < -0.39 is 0 Å². The topological polar surface area (TPSA) is 21.3 Å². The maximum Gasteiger partial charge on any atom is 0.126 e. The summed E-state index contributed by atoms with van der Waals surface area (Å²) in [5.41, 5.74) is 4.47. The molecule has 1 N–H and O–H groups in total. The number of hydroxylamine groups is 1. The van der Waals surface area contributed by atoms with Crippen LogP contribution in [0.25, 0.3) is 0 Å². The molecule has 0 aliphatic heterocycles. The molecular weight excluding hydrogens is 205 g/mol. The third-order valence-electron chi connectivity index (χ3n) is 2.37. The number of rotatable bonds is 5. The van der Waals surface area contributed by atoms with Crippen LogP contribution in [0.2, 0.25) is 0 Å². The highest BCUT2D eigenvalue weighted by molar-refractivity contribution is 5.25. The molecule has 0 spiro atoms. The van der Waals surface area contributed by atoms with E-state index >= 15 is 0 Å². The zero-order valence-electron chi connectivity index (χ0n) is 10.4. The van der Waals surface area contributed by atoms with E-state index in [-0.39, 0.29) is 11.9 Å². The summed E-state index contributed by atoms with van der Waals surface area (Å²) < 4.78 is 13.3. The maximum absolute atomic E-state index is 13.3. The Balaban J connectivity index is 2.52. The fourth-order valence-electron chi connectivity index (χ4n) is 1.29. The first kappa shape index (κ1) is 13.1. The van der Waals surface area contributed by atoms with Gasteiger partial charge in [-0.25, -0.2) is 4.39 Å². The van der Waals surface area contributed by atoms with Crippen molar-refractivity contribution in [3.8, 4) is 0 Å². The molecule has 16 heavy (non-hydrogen) atoms. The minimum Gasteiger partial charge on any atom is -0.301 e. The Morgan fingerprint density at radius 1 is 1.31 bits per heavy atom. The number of benzene rings is 1. The van der Waals surface area contributed by atoms with E-state index in [9.17, 15) is 4.39 Å². The van der Waals surface area contributed by atoms with E-state index in [2.05, 4.69) is 19.3 Å². The van der Waals surface area contributed by atoms with Crippen molar-refractivity contribution in [2.24, 2.45) is 5.92 Å². The molecule has 1 unspecified atom stereocenters. The van der Waals surface area contributed by atoms with Gasteiger partial charge in [-0.3, -0.25) is 0 Å². The van der Waals surface area contributed by atoms with Crippen LogP contribution in [0.4, 0.5) is 4.39 Å². The van der Waals surface area contributed by atoms with Gasteiger partial charge < -0.3 is 4.84 Å². The standard InChI is InChI=1S/C13H20FNO/c1-9(2)8-16-15-11(4)12-6-5-10(3)13(14)7-12/h5-7,9,11,15H,8H2,1-4H3. The molecule has 0 bridgehead atoms. The van der Waals surface area contributed by atoms with E-state index in [0.29, 0.717) is 18.1 Å². The van der Waals surface area contributed by atoms with E-state index in [1.165, 1.54) is 0 Å². The molecule has 90 valence electrons. The minimum absolute atomic E-state index is 0.00569. The number of nitrogens with one attached hydrogen (secondary N) is 1. The molecule has 0 fully saturated rings. The van der Waals surface area contributed by atoms with Gasteiger partial charge in [0.2, 0.25) is 0 Å². The first-order chi connectivity index (χ1) is 7.50. The Labute approximate surface area is 96.8 Å². The van der Waals surface area contributed by atoms with Crippen LogP contribution in [0.1, 0.15) is 37.9 Å². The molecule has 1 aromatic rings. The summed E-state index contributed by atoms with van der Waals surface area (Å²) in [6, 6.07) is 5.24. The van der Waals surface area contributed by atoms with Crippen LogP contribution in [0.15, 0.2) is 18.2 Å². The quantitative estimate of drug-likeness (QED) is 0.776. The van der Waals surface area contributed by atoms with Crippen LogP contribution in [0.3, 0.4) is 0 Å². The normalized spacial score (nSPS) is 13.1. The molecular formula is C13H20FNO. The van der Waals surface area contributed by atoms with Crippen molar-refractivity contribution in [3.63, 3.8) is 0 Å². The minimum atomic E-state index is -0.171. The Morgan fingerprint density at radius 3 is 2.56 bits per heavy atom. The van der Waals surface area contributed by atoms with Crippen molar-refractivity contribution in [2.45, 2.75) is 33.7 Å². The lowest BCUT2D eigenvalue weighted by Crippen LogP contribution is -2.21. The molecule has 3 heteroatoms. The van der Waals surface area contributed by atoms with Crippen molar-refractivity contribution in [1.82, 2.24) is 5.48 Å². The molecule has 0 aliphatic rings. The van der Waals surface area contributed by atoms with Gasteiger partial charge >= 0.3 is 0 Å². The predicted molar refractivity (Wildman–Crippen MR) is 63.5 cm³/mol. The molecule has 0 saturated heterocycles. The predicted octanol–water partition coefficient (Wildman–Crippen LogP) is 3.37. The average Bonchev–Trinajstić information content (AvgIpc) is 2.21. The summed E-state index contributed by atoms with van der Waals surface area (Å²) >= 11 is 0. The van der Waals surface area contributed by atoms with Gasteiger partial charge in [-0.1, -0.05) is 26.0 Å². The van der Waals surface area contributed by atoms with Gasteiger partial charge in [0.15, 0.2) is 0 Å². The lowest BCUT2D eigenvalue weighted by atomic mass is 10.1. The molecule has 0 aliphatic carbocycles. The molecule has 1 aromatic carbocycles. The molecule has 0 heterocycles. The van der Waals surface area contributed by atoms with Crippen molar-refractivity contribution < 1.29 is 9.23 Å². The summed E-state index contributed by atoms with van der Waals surface area (Å²) in [7, 11) is 0. The van der Waals surface area contributed by atoms with Crippen LogP contribution in [0, 0.1) is 18.7 Å². The van der Waals surface area contributed by atoms with Crippen LogP contribution >= 0.6 is 0 Å². The summed E-state index contributed by atoms with van der Waals surface area (Å²) in [6.07, 6.45) is 0. The second-order valence-electron chi connectivity index (χ2n) is 4.55. The van der Waals surface area contributed by atoms with Gasteiger partial charge in [-0.05, 0) is 37.0 Å². The molecule has 0 aromatic heterocycles.